The van der Waals surface area contributed by atoms with E-state index in [4.69, 9.17) is 10.5 Å². The lowest BCUT2D eigenvalue weighted by atomic mass is 10.1. The monoisotopic (exact) mass is 258 g/mol. The minimum absolute atomic E-state index is 0.0535. The summed E-state index contributed by atoms with van der Waals surface area (Å²) in [5, 5.41) is 4.62. The number of hydrogen-bond acceptors (Lipinski definition) is 4. The van der Waals surface area contributed by atoms with Gasteiger partial charge in [0.15, 0.2) is 17.3 Å². The van der Waals surface area contributed by atoms with Crippen molar-refractivity contribution in [3.05, 3.63) is 42.6 Å². The Balaban J connectivity index is 2.17. The maximum Gasteiger partial charge on any atom is 0.189 e. The number of anilines is 1. The molecule has 3 aromatic rings. The highest BCUT2D eigenvalue weighted by molar-refractivity contribution is 5.94. The van der Waals surface area contributed by atoms with Crippen LogP contribution in [-0.2, 0) is 7.05 Å². The summed E-state index contributed by atoms with van der Waals surface area (Å²) < 4.78 is 21.1. The molecule has 2 heterocycles. The number of aromatic nitrogens is 3. The van der Waals surface area contributed by atoms with E-state index in [-0.39, 0.29) is 5.75 Å². The molecule has 0 spiro atoms. The van der Waals surface area contributed by atoms with Crippen LogP contribution in [0.3, 0.4) is 0 Å². The van der Waals surface area contributed by atoms with Crippen LogP contribution in [0.5, 0.6) is 11.5 Å². The van der Waals surface area contributed by atoms with Crippen molar-refractivity contribution in [1.29, 1.82) is 0 Å². The number of halogens is 1. The maximum absolute atomic E-state index is 14.0. The summed E-state index contributed by atoms with van der Waals surface area (Å²) in [7, 11) is 1.75. The van der Waals surface area contributed by atoms with Crippen LogP contribution in [0.1, 0.15) is 0 Å². The van der Waals surface area contributed by atoms with Gasteiger partial charge in [-0.2, -0.15) is 5.10 Å². The molecule has 6 heteroatoms. The normalized spacial score (nSPS) is 10.8. The quantitative estimate of drug-likeness (QED) is 0.717. The van der Waals surface area contributed by atoms with Crippen molar-refractivity contribution in [2.75, 3.05) is 5.73 Å². The van der Waals surface area contributed by atoms with Crippen molar-refractivity contribution in [2.45, 2.75) is 0 Å². The van der Waals surface area contributed by atoms with Gasteiger partial charge in [-0.3, -0.25) is 9.67 Å². The standard InChI is InChI=1S/C13H11FN4O/c1-18-7-8(6-17-18)19-13-10(14)5-11(15)9-3-2-4-16-12(9)13/h2-7H,15H2,1H3. The number of pyridine rings is 1. The van der Waals surface area contributed by atoms with Gasteiger partial charge in [0.05, 0.1) is 12.4 Å². The van der Waals surface area contributed by atoms with E-state index in [0.29, 0.717) is 22.3 Å². The third-order valence-corrected chi connectivity index (χ3v) is 2.73. The first-order valence-corrected chi connectivity index (χ1v) is 5.64. The van der Waals surface area contributed by atoms with E-state index in [2.05, 4.69) is 10.1 Å². The number of nitrogens with two attached hydrogens (primary N) is 1. The number of aryl methyl sites for hydroxylation is 1. The zero-order chi connectivity index (χ0) is 13.4. The Morgan fingerprint density at radius 1 is 1.42 bits per heavy atom. The van der Waals surface area contributed by atoms with Gasteiger partial charge in [-0.15, -0.1) is 0 Å². The van der Waals surface area contributed by atoms with Gasteiger partial charge in [0, 0.05) is 30.4 Å². The summed E-state index contributed by atoms with van der Waals surface area (Å²) in [5.74, 6) is -0.0523. The average Bonchev–Trinajstić information content (AvgIpc) is 2.80. The summed E-state index contributed by atoms with van der Waals surface area (Å²) in [4.78, 5) is 4.13. The Bertz CT molecular complexity index is 753. The Morgan fingerprint density at radius 2 is 2.26 bits per heavy atom. The van der Waals surface area contributed by atoms with E-state index in [9.17, 15) is 4.39 Å². The van der Waals surface area contributed by atoms with E-state index >= 15 is 0 Å². The predicted octanol–water partition coefficient (Wildman–Crippen LogP) is 2.48. The molecule has 0 aliphatic carbocycles. The molecule has 0 amide bonds. The molecule has 0 aliphatic heterocycles. The number of benzene rings is 1. The highest BCUT2D eigenvalue weighted by Crippen LogP contribution is 2.34. The van der Waals surface area contributed by atoms with Gasteiger partial charge < -0.3 is 10.5 Å². The first-order chi connectivity index (χ1) is 9.15. The van der Waals surface area contributed by atoms with Gasteiger partial charge >= 0.3 is 0 Å². The molecular formula is C13H11FN4O. The number of ether oxygens (including phenoxy) is 1. The van der Waals surface area contributed by atoms with Gasteiger partial charge in [-0.1, -0.05) is 0 Å². The van der Waals surface area contributed by atoms with Gasteiger partial charge in [0.2, 0.25) is 0 Å². The lowest BCUT2D eigenvalue weighted by Gasteiger charge is -2.09. The van der Waals surface area contributed by atoms with Crippen molar-refractivity contribution in [2.24, 2.45) is 7.05 Å². The van der Waals surface area contributed by atoms with Crippen LogP contribution in [0.25, 0.3) is 10.9 Å². The maximum atomic E-state index is 14.0. The fourth-order valence-electron chi connectivity index (χ4n) is 1.88. The van der Waals surface area contributed by atoms with Crippen LogP contribution in [0.2, 0.25) is 0 Å². The Kier molecular flexibility index (Phi) is 2.56. The molecule has 0 saturated carbocycles. The van der Waals surface area contributed by atoms with Crippen LogP contribution in [0.4, 0.5) is 10.1 Å². The van der Waals surface area contributed by atoms with Crippen molar-refractivity contribution in [1.82, 2.24) is 14.8 Å². The predicted molar refractivity (Wildman–Crippen MR) is 69.4 cm³/mol. The number of nitrogen functional groups attached to an aromatic ring is 1. The van der Waals surface area contributed by atoms with Gasteiger partial charge in [-0.25, -0.2) is 4.39 Å². The first kappa shape index (κ1) is 11.5. The molecule has 0 aliphatic rings. The van der Waals surface area contributed by atoms with Gasteiger partial charge in [0.1, 0.15) is 5.52 Å². The molecule has 0 bridgehead atoms. The molecule has 0 atom stereocenters. The molecule has 2 aromatic heterocycles. The number of rotatable bonds is 2. The zero-order valence-corrected chi connectivity index (χ0v) is 10.2. The Hall–Kier alpha value is -2.63. The lowest BCUT2D eigenvalue weighted by Crippen LogP contribution is -1.95. The fraction of sp³-hybridized carbons (Fsp3) is 0.0769. The molecule has 1 aromatic carbocycles. The third-order valence-electron chi connectivity index (χ3n) is 2.73. The zero-order valence-electron chi connectivity index (χ0n) is 10.2. The minimum atomic E-state index is -0.549. The second kappa shape index (κ2) is 4.24. The first-order valence-electron chi connectivity index (χ1n) is 5.64. The summed E-state index contributed by atoms with van der Waals surface area (Å²) in [6.45, 7) is 0. The summed E-state index contributed by atoms with van der Waals surface area (Å²) in [6.07, 6.45) is 4.71. The summed E-state index contributed by atoms with van der Waals surface area (Å²) in [6, 6.07) is 4.74. The van der Waals surface area contributed by atoms with E-state index in [0.717, 1.165) is 0 Å². The molecule has 2 N–H and O–H groups in total. The largest absolute Gasteiger partial charge is 0.449 e. The van der Waals surface area contributed by atoms with E-state index in [1.807, 2.05) is 0 Å². The van der Waals surface area contributed by atoms with Crippen LogP contribution >= 0.6 is 0 Å². The smallest absolute Gasteiger partial charge is 0.189 e. The molecular weight excluding hydrogens is 247 g/mol. The molecule has 96 valence electrons. The van der Waals surface area contributed by atoms with Crippen LogP contribution in [0.15, 0.2) is 36.8 Å². The number of hydrogen-bond donors (Lipinski definition) is 1. The second-order valence-electron chi connectivity index (χ2n) is 4.13. The topological polar surface area (TPSA) is 66.0 Å². The Morgan fingerprint density at radius 3 is 3.00 bits per heavy atom. The third kappa shape index (κ3) is 1.97. The Labute approximate surface area is 108 Å². The van der Waals surface area contributed by atoms with Gasteiger partial charge in [-0.05, 0) is 12.1 Å². The number of fused-ring (bicyclic) bond motifs is 1. The van der Waals surface area contributed by atoms with Crippen LogP contribution in [0, 0.1) is 5.82 Å². The minimum Gasteiger partial charge on any atom is -0.449 e. The van der Waals surface area contributed by atoms with E-state index in [1.165, 1.54) is 12.3 Å². The highest BCUT2D eigenvalue weighted by atomic mass is 19.1. The van der Waals surface area contributed by atoms with Crippen molar-refractivity contribution >= 4 is 16.6 Å². The van der Waals surface area contributed by atoms with Crippen LogP contribution < -0.4 is 10.5 Å². The molecule has 0 saturated heterocycles. The van der Waals surface area contributed by atoms with E-state index in [1.54, 1.807) is 36.3 Å². The van der Waals surface area contributed by atoms with Gasteiger partial charge in [0.25, 0.3) is 0 Å². The number of nitrogens with zero attached hydrogens (tertiary/aromatic N) is 3. The van der Waals surface area contributed by atoms with Crippen LogP contribution in [-0.4, -0.2) is 14.8 Å². The van der Waals surface area contributed by atoms with Crippen molar-refractivity contribution in [3.8, 4) is 11.5 Å². The molecule has 0 fully saturated rings. The highest BCUT2D eigenvalue weighted by Gasteiger charge is 2.14. The summed E-state index contributed by atoms with van der Waals surface area (Å²) in [5.41, 5.74) is 6.50. The SMILES string of the molecule is Cn1cc(Oc2c(F)cc(N)c3cccnc23)cn1. The molecule has 5 nitrogen and oxygen atoms in total. The van der Waals surface area contributed by atoms with E-state index < -0.39 is 5.82 Å². The van der Waals surface area contributed by atoms with Crippen molar-refractivity contribution in [3.63, 3.8) is 0 Å². The van der Waals surface area contributed by atoms with Crippen molar-refractivity contribution < 1.29 is 9.13 Å². The molecule has 0 radical (unpaired) electrons. The molecule has 3 rings (SSSR count). The molecule has 0 unspecified atom stereocenters. The molecule has 19 heavy (non-hydrogen) atoms. The fourth-order valence-corrected chi connectivity index (χ4v) is 1.88. The lowest BCUT2D eigenvalue weighted by molar-refractivity contribution is 0.447. The average molecular weight is 258 g/mol. The second-order valence-corrected chi connectivity index (χ2v) is 4.13. The summed E-state index contributed by atoms with van der Waals surface area (Å²) >= 11 is 0.